The number of carbonyl (C=O) groups excluding carboxylic acids is 2. The van der Waals surface area contributed by atoms with E-state index in [2.05, 4.69) is 51.1 Å². The van der Waals surface area contributed by atoms with E-state index in [9.17, 15) is 97.4 Å². The van der Waals surface area contributed by atoms with Crippen LogP contribution in [-0.4, -0.2) is 162 Å². The molecule has 0 N–H and O–H groups in total. The summed E-state index contributed by atoms with van der Waals surface area (Å²) in [7, 11) is 0. The molecule has 2 amide bonds. The molecule has 0 spiro atoms. The Hall–Kier alpha value is -3.44. The van der Waals surface area contributed by atoms with Gasteiger partial charge in [-0.05, 0) is 12.8 Å². The summed E-state index contributed by atoms with van der Waals surface area (Å²) < 4.78 is 324. The van der Waals surface area contributed by atoms with Gasteiger partial charge >= 0.3 is 67.1 Å². The summed E-state index contributed by atoms with van der Waals surface area (Å²) in [6, 6.07) is 0. The molecule has 0 aromatic carbocycles. The first-order chi connectivity index (χ1) is 29.8. The number of carbonyl (C=O) groups is 2. The molecule has 0 aromatic rings. The third kappa shape index (κ3) is 26.8. The molecule has 0 heterocycles. The standard InChI is InChI=1S/C33H40F22N2O10/c1-5-7-25(8-6-2,14-56(9-11-60-17-27(41,42)64-23(3,34)35)21(58)13-62-19-28(43,44)65-24(4,36)37)15-57(10-12-61-18-30(47,48)67-33(54,55)32(51,52)53)22(59)31(49,50)66-29(45,46)20-63-16-26(38,39)40/h5-6H,1-2,7-20H2,3-4H3. The largest absolute Gasteiger partial charge is 0.483 e. The van der Waals surface area contributed by atoms with Gasteiger partial charge in [-0.1, -0.05) is 12.2 Å². The molecular formula is C33H40F22N2O10. The molecule has 0 aliphatic heterocycles. The van der Waals surface area contributed by atoms with Crippen LogP contribution in [-0.2, 0) is 47.5 Å². The van der Waals surface area contributed by atoms with E-state index in [0.29, 0.717) is 4.90 Å². The second-order valence-electron chi connectivity index (χ2n) is 13.8. The van der Waals surface area contributed by atoms with Crippen LogP contribution in [0.4, 0.5) is 96.6 Å². The number of halogens is 22. The van der Waals surface area contributed by atoms with Gasteiger partial charge in [0, 0.05) is 45.4 Å². The number of allylic oxidation sites excluding steroid dienone is 2. The Kier molecular flexibility index (Phi) is 23.2. The number of amides is 2. The number of nitrogens with zero attached hydrogens (tertiary/aromatic N) is 2. The van der Waals surface area contributed by atoms with E-state index < -0.39 is 170 Å². The Labute approximate surface area is 363 Å². The lowest BCUT2D eigenvalue weighted by Gasteiger charge is -2.41. The van der Waals surface area contributed by atoms with Crippen molar-refractivity contribution in [3.8, 4) is 0 Å². The molecule has 0 rings (SSSR count). The lowest BCUT2D eigenvalue weighted by molar-refractivity contribution is -0.460. The van der Waals surface area contributed by atoms with Gasteiger partial charge < -0.3 is 28.7 Å². The van der Waals surface area contributed by atoms with E-state index in [-0.39, 0.29) is 18.7 Å². The molecule has 0 bridgehead atoms. The first-order valence-corrected chi connectivity index (χ1v) is 17.9. The predicted molar refractivity (Wildman–Crippen MR) is 176 cm³/mol. The Morgan fingerprint density at radius 3 is 1.27 bits per heavy atom. The fourth-order valence-electron chi connectivity index (χ4n) is 5.03. The summed E-state index contributed by atoms with van der Waals surface area (Å²) in [4.78, 5) is 26.5. The van der Waals surface area contributed by atoms with E-state index in [1.165, 1.54) is 0 Å². The Morgan fingerprint density at radius 1 is 0.493 bits per heavy atom. The first kappa shape index (κ1) is 63.6. The van der Waals surface area contributed by atoms with Gasteiger partial charge in [0.25, 0.3) is 0 Å². The Balaban J connectivity index is 7.09. The van der Waals surface area contributed by atoms with Crippen molar-refractivity contribution in [3.05, 3.63) is 25.3 Å². The highest BCUT2D eigenvalue weighted by atomic mass is 19.4. The maximum absolute atomic E-state index is 15.2. The molecule has 0 aromatic heterocycles. The van der Waals surface area contributed by atoms with Crippen LogP contribution in [0.2, 0.25) is 0 Å². The van der Waals surface area contributed by atoms with Crippen LogP contribution in [0.5, 0.6) is 0 Å². The summed E-state index contributed by atoms with van der Waals surface area (Å²) in [5.74, 6) is -4.58. The zero-order chi connectivity index (χ0) is 52.8. The van der Waals surface area contributed by atoms with Crippen LogP contribution < -0.4 is 0 Å². The molecule has 12 nitrogen and oxygen atoms in total. The van der Waals surface area contributed by atoms with E-state index in [4.69, 9.17) is 0 Å². The second-order valence-corrected chi connectivity index (χ2v) is 13.8. The monoisotopic (exact) mass is 1040 g/mol. The molecule has 0 radical (unpaired) electrons. The first-order valence-electron chi connectivity index (χ1n) is 17.9. The van der Waals surface area contributed by atoms with Gasteiger partial charge in [-0.2, -0.15) is 96.6 Å². The van der Waals surface area contributed by atoms with Gasteiger partial charge in [0.05, 0.1) is 13.2 Å². The zero-order valence-corrected chi connectivity index (χ0v) is 34.3. The Morgan fingerprint density at radius 2 is 0.866 bits per heavy atom. The lowest BCUT2D eigenvalue weighted by Crippen LogP contribution is -2.55. The highest BCUT2D eigenvalue weighted by Crippen LogP contribution is 2.41. The maximum Gasteiger partial charge on any atom is 0.483 e. The highest BCUT2D eigenvalue weighted by molar-refractivity contribution is 5.82. The number of hydrogen-bond acceptors (Lipinski definition) is 10. The average Bonchev–Trinajstić information content (AvgIpc) is 3.06. The van der Waals surface area contributed by atoms with Crippen LogP contribution in [0.25, 0.3) is 0 Å². The van der Waals surface area contributed by atoms with Gasteiger partial charge in [0.2, 0.25) is 5.91 Å². The Bertz CT molecular complexity index is 1550. The van der Waals surface area contributed by atoms with Crippen molar-refractivity contribution in [1.82, 2.24) is 9.80 Å². The molecule has 0 saturated carbocycles. The van der Waals surface area contributed by atoms with E-state index in [0.717, 1.165) is 12.2 Å². The second kappa shape index (κ2) is 24.4. The van der Waals surface area contributed by atoms with Crippen molar-refractivity contribution in [2.45, 2.75) is 87.9 Å². The predicted octanol–water partition coefficient (Wildman–Crippen LogP) is 8.82. The number of rotatable bonds is 34. The lowest BCUT2D eigenvalue weighted by atomic mass is 9.79. The maximum atomic E-state index is 15.2. The smallest absolute Gasteiger partial charge is 0.371 e. The molecule has 0 unspecified atom stereocenters. The molecule has 396 valence electrons. The van der Waals surface area contributed by atoms with Crippen molar-refractivity contribution >= 4 is 11.8 Å². The third-order valence-electron chi connectivity index (χ3n) is 7.22. The zero-order valence-electron chi connectivity index (χ0n) is 34.3. The minimum absolute atomic E-state index is 0.110. The van der Waals surface area contributed by atoms with Crippen LogP contribution in [0.15, 0.2) is 25.3 Å². The molecule has 0 saturated heterocycles. The van der Waals surface area contributed by atoms with Crippen LogP contribution >= 0.6 is 0 Å². The summed E-state index contributed by atoms with van der Waals surface area (Å²) in [6.07, 6.45) is -53.9. The SMILES string of the molecule is C=CCC(CC=C)(CN(CCOCC(F)(F)OC(C)(F)F)C(=O)COCC(F)(F)OC(C)(F)F)CN(CCOCC(F)(F)OC(F)(F)C(F)(F)F)C(=O)C(F)(F)OC(F)(F)COCC(F)(F)F. The van der Waals surface area contributed by atoms with Crippen LogP contribution in [0.3, 0.4) is 0 Å². The van der Waals surface area contributed by atoms with Crippen molar-refractivity contribution in [1.29, 1.82) is 0 Å². The highest BCUT2D eigenvalue weighted by Gasteiger charge is 2.64. The van der Waals surface area contributed by atoms with Gasteiger partial charge in [-0.3, -0.25) is 19.1 Å². The minimum Gasteiger partial charge on any atom is -0.371 e. The quantitative estimate of drug-likeness (QED) is 0.0352. The van der Waals surface area contributed by atoms with E-state index in [1.54, 1.807) is 0 Å². The number of alkyl halides is 22. The minimum atomic E-state index is -6.74. The van der Waals surface area contributed by atoms with Crippen LogP contribution in [0, 0.1) is 5.41 Å². The summed E-state index contributed by atoms with van der Waals surface area (Å²) in [5.41, 5.74) is -2.22. The molecule has 67 heavy (non-hydrogen) atoms. The average molecular weight is 1040 g/mol. The summed E-state index contributed by atoms with van der Waals surface area (Å²) >= 11 is 0. The topological polar surface area (TPSA) is 114 Å². The molecule has 0 aliphatic rings. The molecule has 0 aliphatic carbocycles. The van der Waals surface area contributed by atoms with Crippen molar-refractivity contribution < 1.29 is 144 Å². The van der Waals surface area contributed by atoms with E-state index >= 15 is 8.78 Å². The van der Waals surface area contributed by atoms with Crippen molar-refractivity contribution in [2.75, 3.05) is 79.0 Å². The number of hydrogen-bond donors (Lipinski definition) is 0. The normalized spacial score (nSPS) is 14.3. The van der Waals surface area contributed by atoms with Gasteiger partial charge in [0.15, 0.2) is 0 Å². The van der Waals surface area contributed by atoms with Gasteiger partial charge in [-0.15, -0.1) is 13.2 Å². The fourth-order valence-corrected chi connectivity index (χ4v) is 5.03. The van der Waals surface area contributed by atoms with Crippen LogP contribution in [0.1, 0.15) is 26.7 Å². The van der Waals surface area contributed by atoms with E-state index in [1.807, 2.05) is 0 Å². The third-order valence-corrected chi connectivity index (χ3v) is 7.22. The summed E-state index contributed by atoms with van der Waals surface area (Å²) in [5, 5.41) is 0. The molecule has 0 atom stereocenters. The summed E-state index contributed by atoms with van der Waals surface area (Å²) in [6.45, 7) is -15.2. The fraction of sp³-hybridized carbons (Fsp3) is 0.818. The van der Waals surface area contributed by atoms with Crippen molar-refractivity contribution in [2.24, 2.45) is 5.41 Å². The van der Waals surface area contributed by atoms with Crippen molar-refractivity contribution in [3.63, 3.8) is 0 Å². The molecule has 0 fully saturated rings. The van der Waals surface area contributed by atoms with Gasteiger partial charge in [0.1, 0.15) is 39.6 Å². The molecule has 34 heteroatoms. The van der Waals surface area contributed by atoms with Gasteiger partial charge in [-0.25, -0.2) is 9.47 Å². The molecular weight excluding hydrogens is 1000 g/mol. The number of ether oxygens (including phenoxy) is 8.